The van der Waals surface area contributed by atoms with Crippen LogP contribution < -0.4 is 16.0 Å². The van der Waals surface area contributed by atoms with Gasteiger partial charge < -0.3 is 26.2 Å². The molecule has 1 aliphatic heterocycles. The Labute approximate surface area is 188 Å². The van der Waals surface area contributed by atoms with E-state index >= 15 is 0 Å². The van der Waals surface area contributed by atoms with E-state index in [0.29, 0.717) is 11.9 Å². The van der Waals surface area contributed by atoms with Gasteiger partial charge in [-0.15, -0.1) is 0 Å². The quantitative estimate of drug-likeness (QED) is 0.399. The Bertz CT molecular complexity index is 955. The summed E-state index contributed by atoms with van der Waals surface area (Å²) in [6.07, 6.45) is -7.22. The second-order valence-corrected chi connectivity index (χ2v) is 6.89. The third-order valence-corrected chi connectivity index (χ3v) is 4.36. The molecule has 0 unspecified atom stereocenters. The molecule has 16 heteroatoms. The molecule has 0 amide bonds. The zero-order chi connectivity index (χ0) is 26.3. The topological polar surface area (TPSA) is 157 Å². The van der Waals surface area contributed by atoms with Crippen LogP contribution in [0.15, 0.2) is 18.3 Å². The van der Waals surface area contributed by atoms with Crippen LogP contribution in [0, 0.1) is 6.92 Å². The largest absolute Gasteiger partial charge is 0.490 e. The fourth-order valence-corrected chi connectivity index (χ4v) is 2.68. The Morgan fingerprint density at radius 2 is 1.68 bits per heavy atom. The van der Waals surface area contributed by atoms with Crippen LogP contribution in [0.4, 0.5) is 37.8 Å². The molecule has 0 saturated carbocycles. The van der Waals surface area contributed by atoms with E-state index < -0.39 is 24.3 Å². The van der Waals surface area contributed by atoms with Crippen molar-refractivity contribution in [2.24, 2.45) is 0 Å². The number of anilines is 2. The van der Waals surface area contributed by atoms with Gasteiger partial charge in [0.2, 0.25) is 0 Å². The fourth-order valence-electron chi connectivity index (χ4n) is 2.68. The van der Waals surface area contributed by atoms with Gasteiger partial charge in [0.05, 0.1) is 17.6 Å². The van der Waals surface area contributed by atoms with Gasteiger partial charge in [0.1, 0.15) is 5.82 Å². The van der Waals surface area contributed by atoms with Crippen LogP contribution in [-0.2, 0) is 9.59 Å². The smallest absolute Gasteiger partial charge is 0.475 e. The minimum absolute atomic E-state index is 0.541. The number of aromatic amines is 1. The van der Waals surface area contributed by atoms with Crippen LogP contribution in [0.5, 0.6) is 0 Å². The molecular weight excluding hydrogens is 478 g/mol. The van der Waals surface area contributed by atoms with Crippen LogP contribution in [0.25, 0.3) is 11.4 Å². The highest BCUT2D eigenvalue weighted by Gasteiger charge is 2.38. The molecule has 1 fully saturated rings. The van der Waals surface area contributed by atoms with Gasteiger partial charge >= 0.3 is 24.3 Å². The fraction of sp³-hybridized carbons (Fsp3) is 0.444. The molecule has 2 aromatic rings. The van der Waals surface area contributed by atoms with Crippen molar-refractivity contribution in [1.82, 2.24) is 20.5 Å². The standard InChI is InChI=1S/C14H20N6.2C2HF3O2/c1-9-7-17-19-14(9)12-5-11(6-13(15)18-12)20-4-3-10(8-20)16-2;2*3-2(4,5)1(6)7/h5-7,10,16H,3-4,8H2,1-2H3,(H2,15,18)(H,17,19);2*(H,6,7)/t10-;;/m1../s1. The first-order chi connectivity index (χ1) is 15.6. The summed E-state index contributed by atoms with van der Waals surface area (Å²) in [5.74, 6) is -4.97. The number of halogens is 6. The van der Waals surface area contributed by atoms with Gasteiger partial charge in [0.25, 0.3) is 0 Å². The summed E-state index contributed by atoms with van der Waals surface area (Å²) in [6.45, 7) is 4.05. The molecule has 2 aromatic heterocycles. The second kappa shape index (κ2) is 11.5. The van der Waals surface area contributed by atoms with Gasteiger partial charge in [-0.05, 0) is 32.0 Å². The zero-order valence-electron chi connectivity index (χ0n) is 17.8. The summed E-state index contributed by atoms with van der Waals surface area (Å²) < 4.78 is 63.5. The molecule has 3 heterocycles. The number of carboxylic acid groups (broad SMARTS) is 2. The molecule has 6 N–H and O–H groups in total. The van der Waals surface area contributed by atoms with Gasteiger partial charge in [-0.1, -0.05) is 0 Å². The van der Waals surface area contributed by atoms with Gasteiger partial charge in [-0.2, -0.15) is 31.4 Å². The number of carboxylic acids is 2. The van der Waals surface area contributed by atoms with E-state index in [1.165, 1.54) is 0 Å². The summed E-state index contributed by atoms with van der Waals surface area (Å²) in [5, 5.41) is 24.6. The number of hydrogen-bond donors (Lipinski definition) is 5. The summed E-state index contributed by atoms with van der Waals surface area (Å²) >= 11 is 0. The Balaban J connectivity index is 0.000000343. The zero-order valence-corrected chi connectivity index (χ0v) is 17.8. The van der Waals surface area contributed by atoms with Crippen LogP contribution >= 0.6 is 0 Å². The Morgan fingerprint density at radius 1 is 1.15 bits per heavy atom. The number of nitrogen functional groups attached to an aromatic ring is 1. The van der Waals surface area contributed by atoms with Crippen molar-refractivity contribution < 1.29 is 46.1 Å². The van der Waals surface area contributed by atoms with Gasteiger partial charge in [0, 0.05) is 30.9 Å². The number of hydrogen-bond acceptors (Lipinski definition) is 7. The first-order valence-electron chi connectivity index (χ1n) is 9.36. The maximum atomic E-state index is 10.6. The minimum Gasteiger partial charge on any atom is -0.475 e. The van der Waals surface area contributed by atoms with Crippen LogP contribution in [0.1, 0.15) is 12.0 Å². The average Bonchev–Trinajstić information content (AvgIpc) is 3.36. The van der Waals surface area contributed by atoms with E-state index in [9.17, 15) is 26.3 Å². The first kappa shape index (κ1) is 28.5. The maximum absolute atomic E-state index is 10.6. The van der Waals surface area contributed by atoms with Crippen LogP contribution in [0.3, 0.4) is 0 Å². The summed E-state index contributed by atoms with van der Waals surface area (Å²) in [6, 6.07) is 4.56. The molecule has 1 saturated heterocycles. The van der Waals surface area contributed by atoms with E-state index in [1.54, 1.807) is 6.20 Å². The number of carbonyl (C=O) groups is 2. The van der Waals surface area contributed by atoms with Crippen molar-refractivity contribution in [1.29, 1.82) is 0 Å². The lowest BCUT2D eigenvalue weighted by atomic mass is 10.2. The summed E-state index contributed by atoms with van der Waals surface area (Å²) in [5.41, 5.74) is 9.94. The van der Waals surface area contributed by atoms with Crippen molar-refractivity contribution >= 4 is 23.4 Å². The number of nitrogens with two attached hydrogens (primary N) is 1. The molecule has 0 radical (unpaired) electrons. The Hall–Kier alpha value is -3.56. The molecule has 0 aromatic carbocycles. The van der Waals surface area contributed by atoms with Crippen molar-refractivity contribution in [3.05, 3.63) is 23.9 Å². The van der Waals surface area contributed by atoms with Crippen molar-refractivity contribution in [3.63, 3.8) is 0 Å². The third kappa shape index (κ3) is 8.76. The van der Waals surface area contributed by atoms with E-state index in [0.717, 1.165) is 42.1 Å². The molecule has 10 nitrogen and oxygen atoms in total. The first-order valence-corrected chi connectivity index (χ1v) is 9.36. The number of rotatable bonds is 3. The van der Waals surface area contributed by atoms with Gasteiger partial charge in [-0.25, -0.2) is 14.6 Å². The molecular formula is C18H22F6N6O4. The molecule has 34 heavy (non-hydrogen) atoms. The number of likely N-dealkylation sites (N-methyl/N-ethyl adjacent to an activating group) is 1. The molecule has 3 rings (SSSR count). The predicted molar refractivity (Wildman–Crippen MR) is 108 cm³/mol. The SMILES string of the molecule is CN[C@@H]1CCN(c2cc(N)nc(-c3[nH]ncc3C)c2)C1.O=C(O)C(F)(F)F.O=C(O)C(F)(F)F. The third-order valence-electron chi connectivity index (χ3n) is 4.36. The summed E-state index contributed by atoms with van der Waals surface area (Å²) in [4.78, 5) is 24.5. The maximum Gasteiger partial charge on any atom is 0.490 e. The monoisotopic (exact) mass is 500 g/mol. The van der Waals surface area contributed by atoms with Crippen LogP contribution in [-0.4, -0.2) is 75.9 Å². The number of aliphatic carboxylic acids is 2. The molecule has 1 atom stereocenters. The van der Waals surface area contributed by atoms with Crippen molar-refractivity contribution in [3.8, 4) is 11.4 Å². The number of aromatic nitrogens is 3. The molecule has 1 aliphatic rings. The lowest BCUT2D eigenvalue weighted by Crippen LogP contribution is -2.29. The Morgan fingerprint density at radius 3 is 2.06 bits per heavy atom. The second-order valence-electron chi connectivity index (χ2n) is 6.89. The number of nitrogens with zero attached hydrogens (tertiary/aromatic N) is 3. The number of aryl methyl sites for hydroxylation is 1. The van der Waals surface area contributed by atoms with Gasteiger partial charge in [0.15, 0.2) is 0 Å². The molecule has 0 spiro atoms. The number of alkyl halides is 6. The van der Waals surface area contributed by atoms with Crippen molar-refractivity contribution in [2.45, 2.75) is 31.7 Å². The van der Waals surface area contributed by atoms with E-state index in [2.05, 4.69) is 31.5 Å². The van der Waals surface area contributed by atoms with E-state index in [1.807, 2.05) is 20.0 Å². The highest BCUT2D eigenvalue weighted by Crippen LogP contribution is 2.28. The number of H-pyrrole nitrogens is 1. The summed E-state index contributed by atoms with van der Waals surface area (Å²) in [7, 11) is 2.01. The molecule has 0 aliphatic carbocycles. The van der Waals surface area contributed by atoms with E-state index in [4.69, 9.17) is 25.5 Å². The van der Waals surface area contributed by atoms with Gasteiger partial charge in [-0.3, -0.25) is 5.10 Å². The lowest BCUT2D eigenvalue weighted by Gasteiger charge is -2.19. The molecule has 190 valence electrons. The molecule has 0 bridgehead atoms. The number of nitrogens with one attached hydrogen (secondary N) is 2. The predicted octanol–water partition coefficient (Wildman–Crippen LogP) is 2.43. The Kier molecular flexibility index (Phi) is 9.66. The highest BCUT2D eigenvalue weighted by atomic mass is 19.4. The average molecular weight is 500 g/mol. The lowest BCUT2D eigenvalue weighted by molar-refractivity contribution is -0.193. The highest BCUT2D eigenvalue weighted by molar-refractivity contribution is 5.73. The minimum atomic E-state index is -5.08. The van der Waals surface area contributed by atoms with Crippen LogP contribution in [0.2, 0.25) is 0 Å². The van der Waals surface area contributed by atoms with E-state index in [-0.39, 0.29) is 0 Å². The normalized spacial score (nSPS) is 15.6. The number of pyridine rings is 1. The van der Waals surface area contributed by atoms with Crippen molar-refractivity contribution in [2.75, 3.05) is 30.8 Å².